The zero-order valence-corrected chi connectivity index (χ0v) is 19.8. The molecule has 2 aromatic carbocycles. The number of aromatic nitrogens is 1. The van der Waals surface area contributed by atoms with Crippen LogP contribution in [0.15, 0.2) is 72.4 Å². The molecule has 174 valence electrons. The smallest absolute Gasteiger partial charge is 0.296 e. The van der Waals surface area contributed by atoms with Gasteiger partial charge in [0.25, 0.3) is 11.7 Å². The molecule has 6 heteroatoms. The molecule has 1 aliphatic heterocycles. The Morgan fingerprint density at radius 1 is 1.09 bits per heavy atom. The lowest BCUT2D eigenvalue weighted by atomic mass is 9.92. The van der Waals surface area contributed by atoms with E-state index in [9.17, 15) is 14.7 Å². The van der Waals surface area contributed by atoms with E-state index in [1.54, 1.807) is 31.5 Å². The highest BCUT2D eigenvalue weighted by molar-refractivity contribution is 6.46. The number of ether oxygens (including phenoxy) is 1. The van der Waals surface area contributed by atoms with Gasteiger partial charge in [-0.15, -0.1) is 0 Å². The molecule has 6 nitrogen and oxygen atoms in total. The van der Waals surface area contributed by atoms with Crippen LogP contribution in [0.5, 0.6) is 5.75 Å². The number of amides is 1. The number of likely N-dealkylation sites (tertiary alicyclic amines) is 1. The Balaban J connectivity index is 1.89. The summed E-state index contributed by atoms with van der Waals surface area (Å²) in [6.45, 7) is 6.16. The number of hydrogen-bond donors (Lipinski definition) is 1. The van der Waals surface area contributed by atoms with Crippen molar-refractivity contribution in [2.75, 3.05) is 7.11 Å². The summed E-state index contributed by atoms with van der Waals surface area (Å²) < 4.78 is 5.46. The van der Waals surface area contributed by atoms with Gasteiger partial charge in [0.15, 0.2) is 0 Å². The van der Waals surface area contributed by atoms with E-state index >= 15 is 0 Å². The largest absolute Gasteiger partial charge is 0.507 e. The van der Waals surface area contributed by atoms with Crippen LogP contribution in [0.3, 0.4) is 0 Å². The van der Waals surface area contributed by atoms with Crippen molar-refractivity contribution in [3.05, 3.63) is 100 Å². The van der Waals surface area contributed by atoms with Crippen LogP contribution in [-0.2, 0) is 16.1 Å². The predicted molar refractivity (Wildman–Crippen MR) is 130 cm³/mol. The number of pyridine rings is 1. The second kappa shape index (κ2) is 9.51. The van der Waals surface area contributed by atoms with Gasteiger partial charge >= 0.3 is 0 Å². The molecule has 1 fully saturated rings. The van der Waals surface area contributed by atoms with E-state index in [-0.39, 0.29) is 23.8 Å². The average Bonchev–Trinajstić information content (AvgIpc) is 3.08. The second-order valence-electron chi connectivity index (χ2n) is 8.77. The standard InChI is InChI=1S/C28H28N2O4/c1-17(2)22-15-20(11-12-23(22)34-4)26(31)24-25(19-9-7-8-18(3)14-19)30(28(33)27(24)32)16-21-10-5-6-13-29-21/h5-15,17,25,31H,16H2,1-4H3/b26-24-. The number of methoxy groups -OCH3 is 1. The fourth-order valence-corrected chi connectivity index (χ4v) is 4.38. The molecule has 1 N–H and O–H groups in total. The molecule has 0 spiro atoms. The molecule has 1 aliphatic rings. The summed E-state index contributed by atoms with van der Waals surface area (Å²) in [5.74, 6) is -0.713. The third-order valence-electron chi connectivity index (χ3n) is 6.08. The summed E-state index contributed by atoms with van der Waals surface area (Å²) in [5.41, 5.74) is 3.86. The van der Waals surface area contributed by atoms with E-state index in [0.717, 1.165) is 16.7 Å². The van der Waals surface area contributed by atoms with Gasteiger partial charge in [-0.2, -0.15) is 0 Å². The number of carbonyl (C=O) groups is 2. The number of aryl methyl sites for hydroxylation is 1. The second-order valence-corrected chi connectivity index (χ2v) is 8.77. The number of aliphatic hydroxyl groups excluding tert-OH is 1. The van der Waals surface area contributed by atoms with Gasteiger partial charge in [0.05, 0.1) is 31.0 Å². The summed E-state index contributed by atoms with van der Waals surface area (Å²) in [4.78, 5) is 32.3. The predicted octanol–water partition coefficient (Wildman–Crippen LogP) is 5.14. The van der Waals surface area contributed by atoms with Crippen LogP contribution in [0, 0.1) is 6.92 Å². The van der Waals surface area contributed by atoms with Crippen LogP contribution >= 0.6 is 0 Å². The van der Waals surface area contributed by atoms with Gasteiger partial charge in [0.1, 0.15) is 11.5 Å². The van der Waals surface area contributed by atoms with E-state index in [2.05, 4.69) is 4.98 Å². The molecule has 1 atom stereocenters. The first-order chi connectivity index (χ1) is 16.3. The Morgan fingerprint density at radius 3 is 2.53 bits per heavy atom. The van der Waals surface area contributed by atoms with E-state index in [4.69, 9.17) is 4.74 Å². The third-order valence-corrected chi connectivity index (χ3v) is 6.08. The monoisotopic (exact) mass is 456 g/mol. The minimum absolute atomic E-state index is 0.0754. The zero-order valence-electron chi connectivity index (χ0n) is 19.8. The molecule has 0 bridgehead atoms. The molecule has 1 amide bonds. The molecular formula is C28H28N2O4. The SMILES string of the molecule is COc1ccc(/C(O)=C2/C(=O)C(=O)N(Cc3ccccn3)C2c2cccc(C)c2)cc1C(C)C. The van der Waals surface area contributed by atoms with E-state index < -0.39 is 17.7 Å². The van der Waals surface area contributed by atoms with Gasteiger partial charge < -0.3 is 14.7 Å². The molecule has 34 heavy (non-hydrogen) atoms. The molecule has 1 saturated heterocycles. The maximum Gasteiger partial charge on any atom is 0.296 e. The number of rotatable bonds is 6. The molecule has 2 heterocycles. The Hall–Kier alpha value is -3.93. The van der Waals surface area contributed by atoms with Crippen molar-refractivity contribution in [1.29, 1.82) is 0 Å². The van der Waals surface area contributed by atoms with Crippen molar-refractivity contribution in [2.45, 2.75) is 39.3 Å². The van der Waals surface area contributed by atoms with Crippen molar-refractivity contribution in [1.82, 2.24) is 9.88 Å². The lowest BCUT2D eigenvalue weighted by Gasteiger charge is -2.25. The minimum Gasteiger partial charge on any atom is -0.507 e. The van der Waals surface area contributed by atoms with Crippen molar-refractivity contribution >= 4 is 17.4 Å². The molecule has 0 radical (unpaired) electrons. The highest BCUT2D eigenvalue weighted by Gasteiger charge is 2.46. The molecule has 3 aromatic rings. The first kappa shape index (κ1) is 23.2. The first-order valence-electron chi connectivity index (χ1n) is 11.2. The van der Waals surface area contributed by atoms with Crippen LogP contribution in [0.2, 0.25) is 0 Å². The van der Waals surface area contributed by atoms with E-state index in [1.807, 2.05) is 63.2 Å². The molecule has 0 saturated carbocycles. The summed E-state index contributed by atoms with van der Waals surface area (Å²) in [6.07, 6.45) is 1.65. The number of carbonyl (C=O) groups excluding carboxylic acids is 2. The minimum atomic E-state index is -0.730. The number of ketones is 1. The van der Waals surface area contributed by atoms with Crippen molar-refractivity contribution < 1.29 is 19.4 Å². The maximum absolute atomic E-state index is 13.3. The summed E-state index contributed by atoms with van der Waals surface area (Å²) in [7, 11) is 1.60. The normalized spacial score (nSPS) is 17.4. The first-order valence-corrected chi connectivity index (χ1v) is 11.2. The quantitative estimate of drug-likeness (QED) is 0.315. The molecule has 0 aliphatic carbocycles. The molecule has 1 unspecified atom stereocenters. The molecule has 4 rings (SSSR count). The Morgan fingerprint density at radius 2 is 1.88 bits per heavy atom. The number of benzene rings is 2. The van der Waals surface area contributed by atoms with E-state index in [1.165, 1.54) is 4.90 Å². The van der Waals surface area contributed by atoms with Gasteiger partial charge in [-0.05, 0) is 54.3 Å². The third kappa shape index (κ3) is 4.31. The van der Waals surface area contributed by atoms with Gasteiger partial charge in [0.2, 0.25) is 0 Å². The van der Waals surface area contributed by atoms with Crippen LogP contribution in [0.4, 0.5) is 0 Å². The Bertz CT molecular complexity index is 1260. The average molecular weight is 457 g/mol. The Labute approximate surface area is 199 Å². The van der Waals surface area contributed by atoms with Crippen LogP contribution in [0.25, 0.3) is 5.76 Å². The highest BCUT2D eigenvalue weighted by atomic mass is 16.5. The highest BCUT2D eigenvalue weighted by Crippen LogP contribution is 2.41. The van der Waals surface area contributed by atoms with E-state index in [0.29, 0.717) is 17.0 Å². The van der Waals surface area contributed by atoms with Crippen molar-refractivity contribution in [3.63, 3.8) is 0 Å². The Kier molecular flexibility index (Phi) is 6.50. The van der Waals surface area contributed by atoms with Gasteiger partial charge in [-0.1, -0.05) is 49.7 Å². The fourth-order valence-electron chi connectivity index (χ4n) is 4.38. The van der Waals surface area contributed by atoms with Crippen molar-refractivity contribution in [2.24, 2.45) is 0 Å². The topological polar surface area (TPSA) is 79.7 Å². The van der Waals surface area contributed by atoms with Crippen LogP contribution in [-0.4, -0.2) is 33.8 Å². The summed E-state index contributed by atoms with van der Waals surface area (Å²) >= 11 is 0. The zero-order chi connectivity index (χ0) is 24.4. The summed E-state index contributed by atoms with van der Waals surface area (Å²) in [5, 5.41) is 11.4. The molecule has 1 aromatic heterocycles. The summed E-state index contributed by atoms with van der Waals surface area (Å²) in [6, 6.07) is 17.7. The lowest BCUT2D eigenvalue weighted by Crippen LogP contribution is -2.29. The van der Waals surface area contributed by atoms with Crippen LogP contribution in [0.1, 0.15) is 53.8 Å². The van der Waals surface area contributed by atoms with Gasteiger partial charge in [-0.25, -0.2) is 0 Å². The number of aliphatic hydroxyl groups is 1. The number of hydrogen-bond acceptors (Lipinski definition) is 5. The fraction of sp³-hybridized carbons (Fsp3) is 0.250. The van der Waals surface area contributed by atoms with Crippen LogP contribution < -0.4 is 4.74 Å². The van der Waals surface area contributed by atoms with Gasteiger partial charge in [0, 0.05) is 11.8 Å². The van der Waals surface area contributed by atoms with Crippen molar-refractivity contribution in [3.8, 4) is 5.75 Å². The van der Waals surface area contributed by atoms with Gasteiger partial charge in [-0.3, -0.25) is 14.6 Å². The maximum atomic E-state index is 13.3. The molecular weight excluding hydrogens is 428 g/mol. The number of Topliss-reactive ketones (excluding diaryl/α,β-unsaturated/α-hetero) is 1. The lowest BCUT2D eigenvalue weighted by molar-refractivity contribution is -0.140. The number of nitrogens with zero attached hydrogens (tertiary/aromatic N) is 2.